The maximum atomic E-state index is 12.3. The predicted octanol–water partition coefficient (Wildman–Crippen LogP) is 7.78. The van der Waals surface area contributed by atoms with E-state index in [0.29, 0.717) is 23.8 Å². The van der Waals surface area contributed by atoms with Crippen molar-refractivity contribution in [2.75, 3.05) is 13.2 Å². The van der Waals surface area contributed by atoms with E-state index in [9.17, 15) is 14.1 Å². The van der Waals surface area contributed by atoms with E-state index in [1.807, 2.05) is 65.4 Å². The summed E-state index contributed by atoms with van der Waals surface area (Å²) in [4.78, 5) is 14.1. The molecule has 2 aromatic carbocycles. The molecule has 2 N–H and O–H groups in total. The molecule has 0 radical (unpaired) electrons. The monoisotopic (exact) mass is 591 g/mol. The first-order chi connectivity index (χ1) is 19.9. The van der Waals surface area contributed by atoms with Gasteiger partial charge < -0.3 is 14.6 Å². The number of benzene rings is 2. The summed E-state index contributed by atoms with van der Waals surface area (Å²) in [5.41, 5.74) is 5.31. The number of H-pyrrole nitrogens is 1. The van der Waals surface area contributed by atoms with Gasteiger partial charge in [0, 0.05) is 16.4 Å². The molecule has 0 bridgehead atoms. The van der Waals surface area contributed by atoms with Gasteiger partial charge in [0.1, 0.15) is 11.5 Å². The van der Waals surface area contributed by atoms with Crippen LogP contribution in [-0.4, -0.2) is 27.5 Å². The predicted molar refractivity (Wildman–Crippen MR) is 169 cm³/mol. The lowest BCUT2D eigenvalue weighted by molar-refractivity contribution is 0.202. The van der Waals surface area contributed by atoms with E-state index < -0.39 is 10.8 Å². The molecule has 1 aliphatic rings. The van der Waals surface area contributed by atoms with Gasteiger partial charge in [-0.2, -0.15) is 0 Å². The molecule has 216 valence electrons. The van der Waals surface area contributed by atoms with Crippen LogP contribution >= 0.6 is 11.3 Å². The highest BCUT2D eigenvalue weighted by molar-refractivity contribution is 7.91. The molecule has 1 aliphatic heterocycles. The van der Waals surface area contributed by atoms with Gasteiger partial charge in [0.25, 0.3) is 0 Å². The fourth-order valence-electron chi connectivity index (χ4n) is 4.51. The summed E-state index contributed by atoms with van der Waals surface area (Å²) in [7, 11) is -1.08. The summed E-state index contributed by atoms with van der Waals surface area (Å²) in [6.45, 7) is 5.35. The maximum absolute atomic E-state index is 12.3. The lowest BCUT2D eigenvalue weighted by atomic mass is 10.00. The number of unbranched alkanes of at least 4 members (excludes halogenated alkanes) is 1. The number of thiazole rings is 1. The second kappa shape index (κ2) is 15.4. The van der Waals surface area contributed by atoms with Crippen LogP contribution in [0.2, 0.25) is 0 Å². The van der Waals surface area contributed by atoms with Crippen LogP contribution in [0.25, 0.3) is 10.4 Å². The third-order valence-corrected chi connectivity index (χ3v) is 8.57. The Bertz CT molecular complexity index is 1510. The van der Waals surface area contributed by atoms with Crippen LogP contribution in [0.15, 0.2) is 105 Å². The lowest BCUT2D eigenvalue weighted by Gasteiger charge is -2.12. The van der Waals surface area contributed by atoms with Crippen LogP contribution in [0, 0.1) is 0 Å². The number of aryl methyl sites for hydroxylation is 1. The van der Waals surface area contributed by atoms with Crippen LogP contribution in [0.1, 0.15) is 51.5 Å². The minimum Gasteiger partial charge on any atom is -0.494 e. The molecule has 41 heavy (non-hydrogen) atoms. The third kappa shape index (κ3) is 9.20. The summed E-state index contributed by atoms with van der Waals surface area (Å²) in [5.74, 6) is 1.43. The smallest absolute Gasteiger partial charge is 0.307 e. The number of nitrogens with one attached hydrogen (secondary N) is 1. The van der Waals surface area contributed by atoms with E-state index in [2.05, 4.69) is 31.0 Å². The van der Waals surface area contributed by atoms with Crippen LogP contribution < -0.4 is 9.61 Å². The first kappa shape index (κ1) is 30.3. The number of allylic oxidation sites excluding steroid dienone is 5. The van der Waals surface area contributed by atoms with E-state index >= 15 is 0 Å². The molecule has 0 spiro atoms. The van der Waals surface area contributed by atoms with Gasteiger partial charge in [-0.05, 0) is 79.5 Å². The lowest BCUT2D eigenvalue weighted by Crippen LogP contribution is -2.02. The van der Waals surface area contributed by atoms with Gasteiger partial charge in [-0.25, -0.2) is 0 Å². The van der Waals surface area contributed by atoms with E-state index in [1.165, 1.54) is 11.1 Å². The number of hydrogen-bond acceptors (Lipinski definition) is 6. The Balaban J connectivity index is 1.27. The first-order valence-corrected chi connectivity index (χ1v) is 16.0. The van der Waals surface area contributed by atoms with E-state index in [1.54, 1.807) is 0 Å². The normalized spacial score (nSPS) is 15.5. The minimum atomic E-state index is -1.08. The van der Waals surface area contributed by atoms with Gasteiger partial charge in [0.05, 0.1) is 28.9 Å². The topological polar surface area (TPSA) is 88.6 Å². The summed E-state index contributed by atoms with van der Waals surface area (Å²) < 4.78 is 24.4. The fraction of sp³-hybridized carbons (Fsp3) is 0.303. The number of rotatable bonds is 15. The standard InChI is InChI=1S/C33H37NO5S2/c1-3-10-24(2)30(18-17-28-23-41(37)22-27(28)16-15-25-11-5-4-6-12-25)39-20-8-7-19-38-29-14-9-13-26(21-29)31-32(35)34-33(36)40-31/h4-6,9,11-14,17-18,21-23,35H,3,7-8,10,15-16,19-20H2,1-2H3,(H,34,36). The Labute approximate surface area is 248 Å². The molecule has 1 unspecified atom stereocenters. The maximum Gasteiger partial charge on any atom is 0.307 e. The highest BCUT2D eigenvalue weighted by Gasteiger charge is 2.13. The second-order valence-electron chi connectivity index (χ2n) is 9.88. The molecule has 0 fully saturated rings. The number of aromatic nitrogens is 1. The van der Waals surface area contributed by atoms with Crippen molar-refractivity contribution in [1.82, 2.24) is 4.98 Å². The van der Waals surface area contributed by atoms with Gasteiger partial charge >= 0.3 is 4.87 Å². The van der Waals surface area contributed by atoms with E-state index in [4.69, 9.17) is 9.47 Å². The molecule has 0 saturated heterocycles. The summed E-state index contributed by atoms with van der Waals surface area (Å²) >= 11 is 0.968. The highest BCUT2D eigenvalue weighted by atomic mass is 32.2. The Morgan fingerprint density at radius 1 is 1.05 bits per heavy atom. The van der Waals surface area contributed by atoms with Crippen LogP contribution in [0.4, 0.5) is 0 Å². The van der Waals surface area contributed by atoms with Gasteiger partial charge in [-0.15, -0.1) is 0 Å². The Morgan fingerprint density at radius 3 is 2.61 bits per heavy atom. The Hall–Kier alpha value is -3.62. The van der Waals surface area contributed by atoms with Crippen LogP contribution in [-0.2, 0) is 22.0 Å². The summed E-state index contributed by atoms with van der Waals surface area (Å²) in [6.07, 6.45) is 9.42. The molecule has 3 aromatic rings. The fourth-order valence-corrected chi connectivity index (χ4v) is 6.32. The zero-order valence-electron chi connectivity index (χ0n) is 23.6. The third-order valence-electron chi connectivity index (χ3n) is 6.65. The van der Waals surface area contributed by atoms with Crippen molar-refractivity contribution in [1.29, 1.82) is 0 Å². The minimum absolute atomic E-state index is 0.123. The van der Waals surface area contributed by atoms with Crippen molar-refractivity contribution >= 4 is 22.1 Å². The van der Waals surface area contributed by atoms with Crippen molar-refractivity contribution in [3.63, 3.8) is 0 Å². The van der Waals surface area contributed by atoms with Gasteiger partial charge in [0.15, 0.2) is 0 Å². The van der Waals surface area contributed by atoms with E-state index in [-0.39, 0.29) is 10.8 Å². The zero-order valence-corrected chi connectivity index (χ0v) is 25.2. The molecule has 6 nitrogen and oxygen atoms in total. The van der Waals surface area contributed by atoms with Crippen molar-refractivity contribution < 1.29 is 18.8 Å². The van der Waals surface area contributed by atoms with Crippen molar-refractivity contribution in [3.8, 4) is 22.1 Å². The molecular formula is C33H37NO5S2. The number of aromatic hydroxyl groups is 1. The largest absolute Gasteiger partial charge is 0.494 e. The van der Waals surface area contributed by atoms with Gasteiger partial charge in [-0.1, -0.05) is 73.2 Å². The van der Waals surface area contributed by atoms with Crippen molar-refractivity contribution in [2.24, 2.45) is 0 Å². The first-order valence-electron chi connectivity index (χ1n) is 13.9. The second-order valence-corrected chi connectivity index (χ2v) is 12.0. The molecule has 0 saturated carbocycles. The van der Waals surface area contributed by atoms with Crippen LogP contribution in [0.3, 0.4) is 0 Å². The molecule has 1 aromatic heterocycles. The summed E-state index contributed by atoms with van der Waals surface area (Å²) in [5, 5.41) is 13.6. The van der Waals surface area contributed by atoms with E-state index in [0.717, 1.165) is 72.3 Å². The Kier molecular flexibility index (Phi) is 11.4. The quantitative estimate of drug-likeness (QED) is 0.107. The SMILES string of the molecule is CCCC(C)=C(C=CC1=CS(=O)C=C1CCc1ccccc1)OCCCCOc1cccc(-c2sc(=O)[nH]c2O)c1. The number of ether oxygens (including phenoxy) is 2. The molecule has 8 heteroatoms. The molecule has 0 aliphatic carbocycles. The zero-order chi connectivity index (χ0) is 29.0. The Morgan fingerprint density at radius 2 is 1.85 bits per heavy atom. The van der Waals surface area contributed by atoms with Crippen molar-refractivity contribution in [3.05, 3.63) is 115 Å². The highest BCUT2D eigenvalue weighted by Crippen LogP contribution is 2.32. The number of hydrogen-bond donors (Lipinski definition) is 2. The molecule has 0 amide bonds. The number of aromatic amines is 1. The molecule has 1 atom stereocenters. The van der Waals surface area contributed by atoms with Crippen molar-refractivity contribution in [2.45, 2.75) is 52.4 Å². The average molecular weight is 592 g/mol. The molecular weight excluding hydrogens is 554 g/mol. The van der Waals surface area contributed by atoms with Gasteiger partial charge in [0.2, 0.25) is 5.88 Å². The summed E-state index contributed by atoms with van der Waals surface area (Å²) in [6, 6.07) is 17.7. The average Bonchev–Trinajstić information content (AvgIpc) is 3.51. The van der Waals surface area contributed by atoms with Crippen LogP contribution in [0.5, 0.6) is 11.6 Å². The molecule has 2 heterocycles. The molecule has 4 rings (SSSR count). The van der Waals surface area contributed by atoms with Gasteiger partial charge in [-0.3, -0.25) is 14.0 Å².